The highest BCUT2D eigenvalue weighted by Gasteiger charge is 2.06. The van der Waals surface area contributed by atoms with E-state index in [9.17, 15) is 5.11 Å². The lowest BCUT2D eigenvalue weighted by atomic mass is 10.1. The van der Waals surface area contributed by atoms with E-state index in [0.717, 1.165) is 12.8 Å². The van der Waals surface area contributed by atoms with Gasteiger partial charge >= 0.3 is 0 Å². The maximum absolute atomic E-state index is 9.56. The summed E-state index contributed by atoms with van der Waals surface area (Å²) in [6.45, 7) is 8.81. The van der Waals surface area contributed by atoms with Crippen molar-refractivity contribution < 1.29 is 5.11 Å². The molecule has 0 aliphatic rings. The van der Waals surface area contributed by atoms with Crippen molar-refractivity contribution in [3.63, 3.8) is 0 Å². The lowest BCUT2D eigenvalue weighted by Gasteiger charge is -2.03. The highest BCUT2D eigenvalue weighted by atomic mass is 28.3. The molecule has 0 aromatic carbocycles. The molecule has 0 aliphatic carbocycles. The van der Waals surface area contributed by atoms with Gasteiger partial charge in [0, 0.05) is 0 Å². The first-order valence-electron chi connectivity index (χ1n) is 5.83. The summed E-state index contributed by atoms with van der Waals surface area (Å²) >= 11 is 0. The van der Waals surface area contributed by atoms with Crippen LogP contribution >= 0.6 is 0 Å². The zero-order chi connectivity index (χ0) is 11.7. The Morgan fingerprint density at radius 2 is 1.93 bits per heavy atom. The molecule has 1 nitrogen and oxygen atoms in total. The minimum Gasteiger partial charge on any atom is -0.389 e. The first kappa shape index (κ1) is 14.5. The van der Waals surface area contributed by atoms with Crippen LogP contribution in [0.1, 0.15) is 32.6 Å². The fourth-order valence-corrected chi connectivity index (χ4v) is 1.63. The average Bonchev–Trinajstić information content (AvgIpc) is 2.11. The highest BCUT2D eigenvalue weighted by Crippen LogP contribution is 2.04. The van der Waals surface area contributed by atoms with Crippen molar-refractivity contribution in [3.8, 4) is 11.5 Å². The van der Waals surface area contributed by atoms with E-state index in [1.807, 2.05) is 6.08 Å². The number of hydrogen-bond donors (Lipinski definition) is 1. The molecule has 0 aromatic heterocycles. The largest absolute Gasteiger partial charge is 0.389 e. The van der Waals surface area contributed by atoms with Crippen molar-refractivity contribution in [1.82, 2.24) is 0 Å². The number of aliphatic hydroxyl groups excluding tert-OH is 1. The van der Waals surface area contributed by atoms with E-state index in [1.54, 1.807) is 6.08 Å². The second-order valence-corrected chi connectivity index (χ2v) is 9.69. The molecule has 0 saturated carbocycles. The van der Waals surface area contributed by atoms with Crippen LogP contribution in [-0.2, 0) is 0 Å². The van der Waals surface area contributed by atoms with Gasteiger partial charge in [0.1, 0.15) is 8.07 Å². The zero-order valence-corrected chi connectivity index (χ0v) is 11.5. The molecule has 0 spiro atoms. The molecule has 1 atom stereocenters. The maximum atomic E-state index is 9.56. The summed E-state index contributed by atoms with van der Waals surface area (Å²) in [5, 5.41) is 9.56. The van der Waals surface area contributed by atoms with Gasteiger partial charge in [0.05, 0.1) is 6.10 Å². The minimum atomic E-state index is -1.25. The van der Waals surface area contributed by atoms with Crippen molar-refractivity contribution in [2.75, 3.05) is 0 Å². The summed E-state index contributed by atoms with van der Waals surface area (Å²) in [4.78, 5) is 0. The Balaban J connectivity index is 3.79. The number of hydrogen-bond acceptors (Lipinski definition) is 1. The molecule has 2 heteroatoms. The van der Waals surface area contributed by atoms with Crippen LogP contribution in [-0.4, -0.2) is 19.3 Å². The Labute approximate surface area is 95.6 Å². The summed E-state index contributed by atoms with van der Waals surface area (Å²) < 4.78 is 0. The van der Waals surface area contributed by atoms with Crippen molar-refractivity contribution in [2.45, 2.75) is 58.4 Å². The van der Waals surface area contributed by atoms with Gasteiger partial charge in [-0.2, -0.15) is 0 Å². The smallest absolute Gasteiger partial charge is 0.129 e. The Hall–Kier alpha value is -0.523. The van der Waals surface area contributed by atoms with E-state index in [1.165, 1.54) is 12.8 Å². The van der Waals surface area contributed by atoms with Gasteiger partial charge in [-0.15, -0.1) is 5.54 Å². The predicted octanol–water partition coefficient (Wildman–Crippen LogP) is 3.36. The van der Waals surface area contributed by atoms with E-state index in [0.29, 0.717) is 0 Å². The fraction of sp³-hybridized carbons (Fsp3) is 0.692. The molecular formula is C13H24OSi. The SMILES string of the molecule is CCCCC[C@H](O)/C=C\C#C[Si](C)(C)C. The molecule has 0 rings (SSSR count). The standard InChI is InChI=1S/C13H24OSi/c1-5-6-7-10-13(14)11-8-9-12-15(2,3)4/h8,11,13-14H,5-7,10H2,1-4H3/b11-8-/t13-/m0/s1. The third kappa shape index (κ3) is 11.4. The lowest BCUT2D eigenvalue weighted by Crippen LogP contribution is -2.16. The molecule has 0 radical (unpaired) electrons. The van der Waals surface area contributed by atoms with E-state index >= 15 is 0 Å². The van der Waals surface area contributed by atoms with Crippen LogP contribution in [0.15, 0.2) is 12.2 Å². The average molecular weight is 224 g/mol. The molecule has 0 fully saturated rings. The lowest BCUT2D eigenvalue weighted by molar-refractivity contribution is 0.208. The van der Waals surface area contributed by atoms with Gasteiger partial charge in [-0.1, -0.05) is 51.7 Å². The topological polar surface area (TPSA) is 20.2 Å². The Bertz CT molecular complexity index is 239. The van der Waals surface area contributed by atoms with Gasteiger partial charge < -0.3 is 5.11 Å². The van der Waals surface area contributed by atoms with Crippen molar-refractivity contribution >= 4 is 8.07 Å². The van der Waals surface area contributed by atoms with Crippen molar-refractivity contribution in [1.29, 1.82) is 0 Å². The summed E-state index contributed by atoms with van der Waals surface area (Å²) in [5.74, 6) is 3.02. The number of unbranched alkanes of at least 4 members (excludes halogenated alkanes) is 2. The van der Waals surface area contributed by atoms with Gasteiger partial charge in [-0.25, -0.2) is 0 Å². The molecular weight excluding hydrogens is 200 g/mol. The van der Waals surface area contributed by atoms with Crippen LogP contribution < -0.4 is 0 Å². The molecule has 0 bridgehead atoms. The van der Waals surface area contributed by atoms with E-state index < -0.39 is 8.07 Å². The number of aliphatic hydroxyl groups is 1. The number of allylic oxidation sites excluding steroid dienone is 1. The molecule has 0 aliphatic heterocycles. The maximum Gasteiger partial charge on any atom is 0.129 e. The van der Waals surface area contributed by atoms with Crippen LogP contribution in [0.5, 0.6) is 0 Å². The Kier molecular flexibility index (Phi) is 7.46. The summed E-state index contributed by atoms with van der Waals surface area (Å²) in [6, 6.07) is 0. The monoisotopic (exact) mass is 224 g/mol. The zero-order valence-electron chi connectivity index (χ0n) is 10.5. The first-order chi connectivity index (χ1) is 6.95. The third-order valence-electron chi connectivity index (χ3n) is 1.95. The molecule has 1 N–H and O–H groups in total. The second kappa shape index (κ2) is 7.73. The fourth-order valence-electron chi connectivity index (χ4n) is 1.12. The predicted molar refractivity (Wildman–Crippen MR) is 70.4 cm³/mol. The van der Waals surface area contributed by atoms with E-state index in [-0.39, 0.29) is 6.10 Å². The van der Waals surface area contributed by atoms with Crippen molar-refractivity contribution in [2.24, 2.45) is 0 Å². The molecule has 0 amide bonds. The Morgan fingerprint density at radius 1 is 1.27 bits per heavy atom. The quantitative estimate of drug-likeness (QED) is 0.431. The van der Waals surface area contributed by atoms with Crippen LogP contribution in [0.25, 0.3) is 0 Å². The van der Waals surface area contributed by atoms with Crippen LogP contribution in [0.3, 0.4) is 0 Å². The minimum absolute atomic E-state index is 0.313. The molecule has 0 heterocycles. The van der Waals surface area contributed by atoms with Crippen LogP contribution in [0.4, 0.5) is 0 Å². The normalized spacial score (nSPS) is 13.7. The van der Waals surface area contributed by atoms with Gasteiger partial charge in [0.25, 0.3) is 0 Å². The molecule has 0 aromatic rings. The van der Waals surface area contributed by atoms with E-state index in [2.05, 4.69) is 38.0 Å². The molecule has 0 saturated heterocycles. The molecule has 0 unspecified atom stereocenters. The molecule has 86 valence electrons. The van der Waals surface area contributed by atoms with Gasteiger partial charge in [0.15, 0.2) is 0 Å². The van der Waals surface area contributed by atoms with Crippen LogP contribution in [0.2, 0.25) is 19.6 Å². The van der Waals surface area contributed by atoms with Gasteiger partial charge in [0.2, 0.25) is 0 Å². The summed E-state index contributed by atoms with van der Waals surface area (Å²) in [7, 11) is -1.25. The third-order valence-corrected chi connectivity index (χ3v) is 2.85. The van der Waals surface area contributed by atoms with Crippen molar-refractivity contribution in [3.05, 3.63) is 12.2 Å². The van der Waals surface area contributed by atoms with Gasteiger partial charge in [-0.3, -0.25) is 0 Å². The van der Waals surface area contributed by atoms with E-state index in [4.69, 9.17) is 0 Å². The molecule has 15 heavy (non-hydrogen) atoms. The summed E-state index contributed by atoms with van der Waals surface area (Å²) in [5.41, 5.74) is 3.24. The second-order valence-electron chi connectivity index (χ2n) is 4.94. The first-order valence-corrected chi connectivity index (χ1v) is 9.33. The highest BCUT2D eigenvalue weighted by molar-refractivity contribution is 6.83. The summed E-state index contributed by atoms with van der Waals surface area (Å²) in [6.07, 6.45) is 7.66. The Morgan fingerprint density at radius 3 is 2.47 bits per heavy atom. The van der Waals surface area contributed by atoms with Crippen LogP contribution in [0, 0.1) is 11.5 Å². The number of rotatable bonds is 5. The van der Waals surface area contributed by atoms with Gasteiger partial charge in [-0.05, 0) is 18.6 Å².